The normalized spacial score (nSPS) is 18.6. The van der Waals surface area contributed by atoms with E-state index in [2.05, 4.69) is 9.47 Å². The number of hydrogen-bond acceptors (Lipinski definition) is 2. The highest BCUT2D eigenvalue weighted by molar-refractivity contribution is 4.88. The van der Waals surface area contributed by atoms with Gasteiger partial charge < -0.3 is 4.74 Å². The average molecular weight is 562 g/mol. The third-order valence-electron chi connectivity index (χ3n) is 2.54. The van der Waals surface area contributed by atoms with Crippen LogP contribution in [0.1, 0.15) is 13.8 Å². The first-order valence-electron chi connectivity index (χ1n) is 7.71. The van der Waals surface area contributed by atoms with Crippen molar-refractivity contribution in [1.29, 1.82) is 0 Å². The number of alkyl halides is 19. The van der Waals surface area contributed by atoms with Crippen molar-refractivity contribution in [2.45, 2.75) is 63.4 Å². The lowest BCUT2D eigenvalue weighted by atomic mass is 10.1. The second-order valence-corrected chi connectivity index (χ2v) is 5.47. The van der Waals surface area contributed by atoms with E-state index in [0.717, 1.165) is 0 Å². The minimum Gasteiger partial charge on any atom is -0.319 e. The molecule has 0 aromatic carbocycles. The molecular weight excluding hydrogens is 549 g/mol. The van der Waals surface area contributed by atoms with Gasteiger partial charge in [0.25, 0.3) is 0 Å². The van der Waals surface area contributed by atoms with Gasteiger partial charge in [0.1, 0.15) is 0 Å². The maximum absolute atomic E-state index is 11.8. The number of halogens is 19. The van der Waals surface area contributed by atoms with Crippen LogP contribution in [0.4, 0.5) is 83.4 Å². The van der Waals surface area contributed by atoms with Crippen LogP contribution in [0.3, 0.4) is 0 Å². The molecule has 34 heavy (non-hydrogen) atoms. The summed E-state index contributed by atoms with van der Waals surface area (Å²) < 4.78 is 219. The number of hydrogen-bond donors (Lipinski definition) is 0. The van der Waals surface area contributed by atoms with Crippen molar-refractivity contribution in [3.05, 3.63) is 0 Å². The molecule has 210 valence electrons. The van der Waals surface area contributed by atoms with Gasteiger partial charge in [-0.1, -0.05) is 0 Å². The second kappa shape index (κ2) is 13.1. The predicted molar refractivity (Wildman–Crippen MR) is 71.8 cm³/mol. The van der Waals surface area contributed by atoms with Crippen molar-refractivity contribution in [2.24, 2.45) is 5.92 Å². The Hall–Kier alpha value is -1.41. The molecule has 0 spiro atoms. The van der Waals surface area contributed by atoms with Gasteiger partial charge in [-0.3, -0.25) is 4.74 Å². The van der Waals surface area contributed by atoms with Crippen molar-refractivity contribution in [2.75, 3.05) is 13.2 Å². The first kappa shape index (κ1) is 37.1. The number of ether oxygens (including phenoxy) is 2. The largest absolute Gasteiger partial charge is 0.522 e. The lowest BCUT2D eigenvalue weighted by Gasteiger charge is -2.36. The summed E-state index contributed by atoms with van der Waals surface area (Å²) in [4.78, 5) is 0. The Morgan fingerprint density at radius 2 is 1.06 bits per heavy atom. The lowest BCUT2D eigenvalue weighted by Crippen LogP contribution is -2.53. The van der Waals surface area contributed by atoms with Gasteiger partial charge in [0.2, 0.25) is 0 Å². The van der Waals surface area contributed by atoms with Crippen LogP contribution in [0.25, 0.3) is 0 Å². The molecule has 21 heteroatoms. The summed E-state index contributed by atoms with van der Waals surface area (Å²) in [5, 5.41) is 0. The van der Waals surface area contributed by atoms with Crippen molar-refractivity contribution >= 4 is 0 Å². The molecule has 1 saturated heterocycles. The van der Waals surface area contributed by atoms with E-state index in [1.54, 1.807) is 0 Å². The van der Waals surface area contributed by atoms with Gasteiger partial charge in [0, 0.05) is 6.92 Å². The molecular formula is C13H13F19O2. The summed E-state index contributed by atoms with van der Waals surface area (Å²) in [6.07, 6.45) is -26.9. The van der Waals surface area contributed by atoms with Gasteiger partial charge in [0.15, 0.2) is 5.92 Å². The minimum atomic E-state index is -6.00. The first-order chi connectivity index (χ1) is 14.5. The molecule has 0 aromatic rings. The van der Waals surface area contributed by atoms with Gasteiger partial charge in [0.05, 0.1) is 13.2 Å². The van der Waals surface area contributed by atoms with E-state index < -0.39 is 62.0 Å². The molecule has 1 unspecified atom stereocenters. The molecule has 1 aliphatic rings. The maximum Gasteiger partial charge on any atom is 0.522 e. The molecule has 1 heterocycles. The Labute approximate surface area is 177 Å². The van der Waals surface area contributed by atoms with E-state index in [-0.39, 0.29) is 13.5 Å². The molecule has 0 radical (unpaired) electrons. The smallest absolute Gasteiger partial charge is 0.319 e. The zero-order chi connectivity index (χ0) is 28.6. The summed E-state index contributed by atoms with van der Waals surface area (Å²) >= 11 is 0. The van der Waals surface area contributed by atoms with Crippen molar-refractivity contribution < 1.29 is 92.9 Å². The summed E-state index contributed by atoms with van der Waals surface area (Å²) in [5.74, 6) is -14.6. The van der Waals surface area contributed by atoms with E-state index in [4.69, 9.17) is 0 Å². The Morgan fingerprint density at radius 1 is 0.765 bits per heavy atom. The Balaban J connectivity index is -0.000000396. The van der Waals surface area contributed by atoms with E-state index >= 15 is 0 Å². The Kier molecular flexibility index (Phi) is 14.3. The van der Waals surface area contributed by atoms with Crippen molar-refractivity contribution in [3.8, 4) is 0 Å². The highest BCUT2D eigenvalue weighted by atomic mass is 19.4. The summed E-state index contributed by atoms with van der Waals surface area (Å²) in [5.41, 5.74) is 0. The SMILES string of the molecule is CC(F)(F)F.CCOC(F)(F)F.FC(F)(F)C1COC1(F)F.FC(F)C(F)(F)C(F)(F)C(F)F. The maximum atomic E-state index is 11.8. The van der Waals surface area contributed by atoms with Crippen LogP contribution in [-0.4, -0.2) is 62.7 Å². The third-order valence-corrected chi connectivity index (χ3v) is 2.54. The first-order valence-corrected chi connectivity index (χ1v) is 7.71. The monoisotopic (exact) mass is 562 g/mol. The predicted octanol–water partition coefficient (Wildman–Crippen LogP) is 7.69. The highest BCUT2D eigenvalue weighted by Crippen LogP contribution is 2.46. The van der Waals surface area contributed by atoms with E-state index in [0.29, 0.717) is 0 Å². The van der Waals surface area contributed by atoms with E-state index in [9.17, 15) is 83.4 Å². The average Bonchev–Trinajstić information content (AvgIpc) is 2.50. The van der Waals surface area contributed by atoms with Crippen molar-refractivity contribution in [3.63, 3.8) is 0 Å². The molecule has 2 nitrogen and oxygen atoms in total. The van der Waals surface area contributed by atoms with Gasteiger partial charge in [-0.2, -0.15) is 52.7 Å². The van der Waals surface area contributed by atoms with Crippen LogP contribution in [0.2, 0.25) is 0 Å². The summed E-state index contributed by atoms with van der Waals surface area (Å²) in [7, 11) is 0. The molecule has 0 bridgehead atoms. The summed E-state index contributed by atoms with van der Waals surface area (Å²) in [6.45, 7) is 0.223. The molecule has 0 N–H and O–H groups in total. The molecule has 1 atom stereocenters. The van der Waals surface area contributed by atoms with Crippen LogP contribution in [-0.2, 0) is 9.47 Å². The number of rotatable bonds is 4. The van der Waals surface area contributed by atoms with Gasteiger partial charge in [-0.15, -0.1) is 13.2 Å². The van der Waals surface area contributed by atoms with Gasteiger partial charge >= 0.3 is 49.5 Å². The van der Waals surface area contributed by atoms with E-state index in [1.807, 2.05) is 0 Å². The van der Waals surface area contributed by atoms with Crippen LogP contribution in [0.15, 0.2) is 0 Å². The van der Waals surface area contributed by atoms with Crippen LogP contribution < -0.4 is 0 Å². The second-order valence-electron chi connectivity index (χ2n) is 5.47. The van der Waals surface area contributed by atoms with Gasteiger partial charge in [-0.05, 0) is 6.92 Å². The standard InChI is InChI=1S/C4H2F8.C4H3F5O.C3H5F3O.C2H3F3/c5-1(6)3(9,10)4(11,12)2(7)8;5-3(6,7)2-1-10-4(2,8)9;1-2-7-3(4,5)6;1-2(3,4)5/h1-2H;2H,1H2;2H2,1H3;1H3. The van der Waals surface area contributed by atoms with E-state index in [1.165, 1.54) is 6.92 Å². The van der Waals surface area contributed by atoms with Crippen LogP contribution in [0.5, 0.6) is 0 Å². The van der Waals surface area contributed by atoms with Crippen LogP contribution in [0, 0.1) is 5.92 Å². The van der Waals surface area contributed by atoms with Crippen LogP contribution >= 0.6 is 0 Å². The zero-order valence-corrected chi connectivity index (χ0v) is 16.1. The molecule has 0 aliphatic carbocycles. The minimum absolute atomic E-state index is 0.188. The van der Waals surface area contributed by atoms with Crippen molar-refractivity contribution in [1.82, 2.24) is 0 Å². The summed E-state index contributed by atoms with van der Waals surface area (Å²) in [6, 6.07) is 0. The zero-order valence-electron chi connectivity index (χ0n) is 16.1. The molecule has 1 rings (SSSR count). The quantitative estimate of drug-likeness (QED) is 0.328. The Morgan fingerprint density at radius 3 is 1.09 bits per heavy atom. The molecule has 1 aliphatic heterocycles. The Bertz CT molecular complexity index is 514. The fourth-order valence-corrected chi connectivity index (χ4v) is 1.03. The third kappa shape index (κ3) is 15.5. The molecule has 1 fully saturated rings. The molecule has 0 amide bonds. The van der Waals surface area contributed by atoms with Gasteiger partial charge in [-0.25, -0.2) is 17.6 Å². The topological polar surface area (TPSA) is 18.5 Å². The fraction of sp³-hybridized carbons (Fsp3) is 1.00. The lowest BCUT2D eigenvalue weighted by molar-refractivity contribution is -0.416. The molecule has 0 saturated carbocycles. The molecule has 0 aromatic heterocycles. The fourth-order valence-electron chi connectivity index (χ4n) is 1.03. The highest BCUT2D eigenvalue weighted by Gasteiger charge is 2.68.